The van der Waals surface area contributed by atoms with Crippen LogP contribution in [-0.2, 0) is 17.9 Å². The Labute approximate surface area is 161 Å². The fraction of sp³-hybridized carbons (Fsp3) is 0.316. The van der Waals surface area contributed by atoms with Crippen LogP contribution in [0.25, 0.3) is 0 Å². The molecule has 4 N–H and O–H groups in total. The van der Waals surface area contributed by atoms with E-state index in [1.165, 1.54) is 24.3 Å². The van der Waals surface area contributed by atoms with Gasteiger partial charge in [0.05, 0.1) is 5.69 Å². The molecule has 1 aliphatic rings. The number of aldehydes is 1. The fourth-order valence-corrected chi connectivity index (χ4v) is 3.74. The third-order valence-corrected chi connectivity index (χ3v) is 5.34. The number of carbonyl (C=O) groups is 1. The molecule has 27 heavy (non-hydrogen) atoms. The molecule has 1 fully saturated rings. The van der Waals surface area contributed by atoms with Crippen LogP contribution in [0.2, 0.25) is 0 Å². The number of anilines is 1. The molecule has 2 aromatic carbocycles. The van der Waals surface area contributed by atoms with Crippen molar-refractivity contribution in [2.45, 2.75) is 19.5 Å². The molecule has 0 aromatic heterocycles. The molecular formula is C19H22FN3O3S. The highest BCUT2D eigenvalue weighted by molar-refractivity contribution is 7.98. The molecule has 1 aliphatic heterocycles. The highest BCUT2D eigenvalue weighted by atomic mass is 32.2. The summed E-state index contributed by atoms with van der Waals surface area (Å²) in [5.74, 6) is -0.292. The fourth-order valence-electron chi connectivity index (χ4n) is 2.89. The highest BCUT2D eigenvalue weighted by Gasteiger charge is 2.22. The summed E-state index contributed by atoms with van der Waals surface area (Å²) in [5.41, 5.74) is 1.52. The smallest absolute Gasteiger partial charge is 0.151 e. The molecule has 8 heteroatoms. The van der Waals surface area contributed by atoms with E-state index in [1.54, 1.807) is 24.3 Å². The van der Waals surface area contributed by atoms with Gasteiger partial charge in [0.1, 0.15) is 17.8 Å². The third kappa shape index (κ3) is 5.12. The maximum absolute atomic E-state index is 14.7. The lowest BCUT2D eigenvalue weighted by molar-refractivity contribution is -0.110. The quantitative estimate of drug-likeness (QED) is 0.407. The third-order valence-electron chi connectivity index (χ3n) is 4.44. The first-order valence-electron chi connectivity index (χ1n) is 8.69. The van der Waals surface area contributed by atoms with E-state index in [1.807, 2.05) is 4.31 Å². The Morgan fingerprint density at radius 1 is 1.22 bits per heavy atom. The lowest BCUT2D eigenvalue weighted by Gasteiger charge is -2.16. The number of hydrogen-bond acceptors (Lipinski definition) is 7. The van der Waals surface area contributed by atoms with E-state index in [0.29, 0.717) is 36.4 Å². The second-order valence-corrected chi connectivity index (χ2v) is 7.36. The minimum Gasteiger partial charge on any atom is -0.508 e. The molecule has 3 rings (SSSR count). The van der Waals surface area contributed by atoms with Crippen LogP contribution in [0.5, 0.6) is 11.5 Å². The van der Waals surface area contributed by atoms with Crippen LogP contribution < -0.4 is 10.0 Å². The first-order valence-corrected chi connectivity index (χ1v) is 9.46. The largest absolute Gasteiger partial charge is 0.508 e. The van der Waals surface area contributed by atoms with Gasteiger partial charge >= 0.3 is 0 Å². The number of rotatable bonds is 8. The first-order chi connectivity index (χ1) is 13.1. The zero-order chi connectivity index (χ0) is 19.2. The Balaban J connectivity index is 1.54. The van der Waals surface area contributed by atoms with Gasteiger partial charge in [-0.25, -0.2) is 8.70 Å². The summed E-state index contributed by atoms with van der Waals surface area (Å²) < 4.78 is 19.7. The van der Waals surface area contributed by atoms with Crippen LogP contribution in [0.15, 0.2) is 36.4 Å². The van der Waals surface area contributed by atoms with Gasteiger partial charge in [0, 0.05) is 61.4 Å². The van der Waals surface area contributed by atoms with Crippen molar-refractivity contribution in [2.24, 2.45) is 5.92 Å². The zero-order valence-electron chi connectivity index (χ0n) is 14.7. The van der Waals surface area contributed by atoms with E-state index < -0.39 is 0 Å². The number of nitrogens with zero attached hydrogens (tertiary/aromatic N) is 1. The maximum Gasteiger partial charge on any atom is 0.151 e. The molecule has 1 heterocycles. The number of phenols is 2. The number of nitrogens with one attached hydrogen (secondary N) is 2. The van der Waals surface area contributed by atoms with Gasteiger partial charge in [-0.2, -0.15) is 0 Å². The van der Waals surface area contributed by atoms with Crippen molar-refractivity contribution in [1.29, 1.82) is 0 Å². The average molecular weight is 391 g/mol. The van der Waals surface area contributed by atoms with Gasteiger partial charge in [0.2, 0.25) is 0 Å². The van der Waals surface area contributed by atoms with Crippen LogP contribution in [0, 0.1) is 11.7 Å². The van der Waals surface area contributed by atoms with Gasteiger partial charge in [0.15, 0.2) is 5.82 Å². The Kier molecular flexibility index (Phi) is 6.54. The molecule has 1 saturated heterocycles. The van der Waals surface area contributed by atoms with Crippen LogP contribution in [-0.4, -0.2) is 33.9 Å². The summed E-state index contributed by atoms with van der Waals surface area (Å²) in [7, 11) is 0. The molecule has 0 bridgehead atoms. The van der Waals surface area contributed by atoms with Crippen LogP contribution in [0.3, 0.4) is 0 Å². The van der Waals surface area contributed by atoms with Gasteiger partial charge in [-0.3, -0.25) is 0 Å². The minimum atomic E-state index is -0.335. The summed E-state index contributed by atoms with van der Waals surface area (Å²) in [6.07, 6.45) is 1.80. The van der Waals surface area contributed by atoms with E-state index in [9.17, 15) is 19.4 Å². The normalized spacial score (nSPS) is 17.1. The average Bonchev–Trinajstić information content (AvgIpc) is 3.12. The Morgan fingerprint density at radius 2 is 2.04 bits per heavy atom. The van der Waals surface area contributed by atoms with Crippen molar-refractivity contribution < 1.29 is 19.4 Å². The number of halogens is 1. The number of phenolic OH excluding ortho intramolecular Hbond substituents is 2. The molecule has 1 atom stereocenters. The SMILES string of the molecule is O=CC1CCN(SNc2cccc(CNCc3ccc(O)cc3O)c2F)C1. The van der Waals surface area contributed by atoms with E-state index >= 15 is 0 Å². The van der Waals surface area contributed by atoms with Crippen molar-refractivity contribution >= 4 is 24.1 Å². The summed E-state index contributed by atoms with van der Waals surface area (Å²) in [6.45, 7) is 2.10. The topological polar surface area (TPSA) is 84.8 Å². The lowest BCUT2D eigenvalue weighted by Crippen LogP contribution is -2.16. The molecule has 0 radical (unpaired) electrons. The Hall–Kier alpha value is -2.29. The molecule has 0 saturated carbocycles. The second kappa shape index (κ2) is 9.07. The highest BCUT2D eigenvalue weighted by Crippen LogP contribution is 2.27. The molecule has 1 unspecified atom stereocenters. The Morgan fingerprint density at radius 3 is 2.78 bits per heavy atom. The summed E-state index contributed by atoms with van der Waals surface area (Å²) in [4.78, 5) is 10.8. The van der Waals surface area contributed by atoms with Gasteiger partial charge in [0.25, 0.3) is 0 Å². The lowest BCUT2D eigenvalue weighted by atomic mass is 10.1. The number of aromatic hydroxyl groups is 2. The number of benzene rings is 2. The van der Waals surface area contributed by atoms with Crippen molar-refractivity contribution in [3.63, 3.8) is 0 Å². The summed E-state index contributed by atoms with van der Waals surface area (Å²) in [5, 5.41) is 22.2. The number of hydrogen-bond donors (Lipinski definition) is 4. The van der Waals surface area contributed by atoms with Crippen molar-refractivity contribution in [1.82, 2.24) is 9.62 Å². The predicted molar refractivity (Wildman–Crippen MR) is 104 cm³/mol. The monoisotopic (exact) mass is 391 g/mol. The molecule has 0 amide bonds. The van der Waals surface area contributed by atoms with Crippen LogP contribution in [0.4, 0.5) is 10.1 Å². The van der Waals surface area contributed by atoms with E-state index in [0.717, 1.165) is 19.3 Å². The van der Waals surface area contributed by atoms with Crippen LogP contribution >= 0.6 is 12.1 Å². The molecule has 0 spiro atoms. The van der Waals surface area contributed by atoms with Gasteiger partial charge in [-0.05, 0) is 18.6 Å². The van der Waals surface area contributed by atoms with Gasteiger partial charge in [-0.1, -0.05) is 18.2 Å². The summed E-state index contributed by atoms with van der Waals surface area (Å²) >= 11 is 1.31. The molecular weight excluding hydrogens is 369 g/mol. The maximum atomic E-state index is 14.7. The van der Waals surface area contributed by atoms with Gasteiger partial charge in [-0.15, -0.1) is 0 Å². The first kappa shape index (κ1) is 19.5. The molecule has 2 aromatic rings. The second-order valence-electron chi connectivity index (χ2n) is 6.46. The van der Waals surface area contributed by atoms with Crippen LogP contribution in [0.1, 0.15) is 17.5 Å². The molecule has 0 aliphatic carbocycles. The summed E-state index contributed by atoms with van der Waals surface area (Å²) in [6, 6.07) is 9.53. The predicted octanol–water partition coefficient (Wildman–Crippen LogP) is 3.02. The standard InChI is InChI=1S/C19H22FN3O3S/c20-19-15(10-21-9-14-4-5-16(25)8-18(14)26)2-1-3-17(19)22-27-23-7-6-13(11-23)12-24/h1-5,8,12-13,21-22,25-26H,6-7,9-11H2. The van der Waals surface area contributed by atoms with Crippen molar-refractivity contribution in [3.8, 4) is 11.5 Å². The van der Waals surface area contributed by atoms with Crippen molar-refractivity contribution in [3.05, 3.63) is 53.3 Å². The van der Waals surface area contributed by atoms with E-state index in [4.69, 9.17) is 0 Å². The number of carbonyl (C=O) groups excluding carboxylic acids is 1. The minimum absolute atomic E-state index is 0.00367. The molecule has 6 nitrogen and oxygen atoms in total. The van der Waals surface area contributed by atoms with E-state index in [-0.39, 0.29) is 23.2 Å². The Bertz CT molecular complexity index is 806. The van der Waals surface area contributed by atoms with Crippen molar-refractivity contribution in [2.75, 3.05) is 17.8 Å². The zero-order valence-corrected chi connectivity index (χ0v) is 15.5. The molecule has 144 valence electrons. The van der Waals surface area contributed by atoms with E-state index in [2.05, 4.69) is 10.0 Å². The van der Waals surface area contributed by atoms with Gasteiger partial charge < -0.3 is 25.0 Å².